The number of hydrogen-bond donors (Lipinski definition) is 1. The van der Waals surface area contributed by atoms with E-state index in [1.54, 1.807) is 11.8 Å². The minimum atomic E-state index is -0.794. The summed E-state index contributed by atoms with van der Waals surface area (Å²) in [6.45, 7) is 6.51. The SMILES string of the molecule is CCCCCCCCN(C(=O)OCc1oc(=O)oc1C)[C@@H](C)CN. The number of nitrogens with two attached hydrogens (primary N) is 1. The van der Waals surface area contributed by atoms with Crippen molar-refractivity contribution in [3.8, 4) is 0 Å². The molecule has 1 heterocycles. The zero-order valence-electron chi connectivity index (χ0n) is 15.0. The van der Waals surface area contributed by atoms with E-state index in [0.29, 0.717) is 18.8 Å². The average molecular weight is 342 g/mol. The number of carbonyl (C=O) groups is 1. The van der Waals surface area contributed by atoms with Gasteiger partial charge < -0.3 is 24.2 Å². The first-order valence-corrected chi connectivity index (χ1v) is 8.72. The highest BCUT2D eigenvalue weighted by atomic mass is 16.6. The van der Waals surface area contributed by atoms with Gasteiger partial charge >= 0.3 is 11.9 Å². The molecule has 2 N–H and O–H groups in total. The summed E-state index contributed by atoms with van der Waals surface area (Å²) in [4.78, 5) is 24.9. The van der Waals surface area contributed by atoms with Crippen molar-refractivity contribution in [2.45, 2.75) is 71.9 Å². The molecule has 138 valence electrons. The molecule has 1 aromatic rings. The van der Waals surface area contributed by atoms with Gasteiger partial charge in [-0.15, -0.1) is 0 Å². The van der Waals surface area contributed by atoms with Gasteiger partial charge in [-0.3, -0.25) is 0 Å². The van der Waals surface area contributed by atoms with E-state index in [2.05, 4.69) is 6.92 Å². The molecule has 1 aromatic heterocycles. The van der Waals surface area contributed by atoms with Gasteiger partial charge in [-0.05, 0) is 20.3 Å². The topological polar surface area (TPSA) is 98.9 Å². The van der Waals surface area contributed by atoms with Crippen molar-refractivity contribution < 1.29 is 18.4 Å². The maximum absolute atomic E-state index is 12.3. The molecule has 24 heavy (non-hydrogen) atoms. The van der Waals surface area contributed by atoms with Gasteiger partial charge in [0.2, 0.25) is 0 Å². The maximum Gasteiger partial charge on any atom is 0.519 e. The van der Waals surface area contributed by atoms with Crippen LogP contribution in [-0.2, 0) is 11.3 Å². The Morgan fingerprint density at radius 1 is 1.21 bits per heavy atom. The summed E-state index contributed by atoms with van der Waals surface area (Å²) in [5.74, 6) is -0.242. The van der Waals surface area contributed by atoms with Crippen LogP contribution in [0.1, 0.15) is 63.9 Å². The molecular weight excluding hydrogens is 312 g/mol. The number of carbonyl (C=O) groups excluding carboxylic acids is 1. The van der Waals surface area contributed by atoms with Gasteiger partial charge in [-0.1, -0.05) is 39.0 Å². The lowest BCUT2D eigenvalue weighted by Gasteiger charge is -2.27. The number of aryl methyl sites for hydroxylation is 1. The van der Waals surface area contributed by atoms with Crippen molar-refractivity contribution >= 4 is 6.09 Å². The van der Waals surface area contributed by atoms with Gasteiger partial charge in [0.1, 0.15) is 0 Å². The van der Waals surface area contributed by atoms with Crippen LogP contribution in [0.5, 0.6) is 0 Å². The number of unbranched alkanes of at least 4 members (excludes halogenated alkanes) is 5. The Morgan fingerprint density at radius 3 is 2.46 bits per heavy atom. The number of nitrogens with zero attached hydrogens (tertiary/aromatic N) is 1. The molecule has 0 unspecified atom stereocenters. The number of rotatable bonds is 11. The normalized spacial score (nSPS) is 12.2. The Hall–Kier alpha value is -1.76. The lowest BCUT2D eigenvalue weighted by atomic mass is 10.1. The standard InChI is InChI=1S/C17H30N2O5/c1-4-5-6-7-8-9-10-19(13(2)11-18)16(20)22-12-15-14(3)23-17(21)24-15/h13H,4-12,18H2,1-3H3/t13-/m0/s1. The summed E-state index contributed by atoms with van der Waals surface area (Å²) in [5.41, 5.74) is 5.69. The van der Waals surface area contributed by atoms with E-state index in [-0.39, 0.29) is 18.4 Å². The van der Waals surface area contributed by atoms with Crippen molar-refractivity contribution in [3.05, 3.63) is 22.1 Å². The van der Waals surface area contributed by atoms with E-state index in [9.17, 15) is 9.59 Å². The third-order valence-electron chi connectivity index (χ3n) is 4.02. The summed E-state index contributed by atoms with van der Waals surface area (Å²) >= 11 is 0. The van der Waals surface area contributed by atoms with Crippen LogP contribution in [0, 0.1) is 6.92 Å². The molecule has 0 aliphatic carbocycles. The summed E-state index contributed by atoms with van der Waals surface area (Å²) in [6.07, 6.45) is 6.41. The van der Waals surface area contributed by atoms with Crippen LogP contribution in [0.25, 0.3) is 0 Å². The van der Waals surface area contributed by atoms with Crippen LogP contribution in [-0.4, -0.2) is 30.1 Å². The van der Waals surface area contributed by atoms with E-state index in [1.165, 1.54) is 25.7 Å². The first-order valence-electron chi connectivity index (χ1n) is 8.72. The Kier molecular flexibility index (Phi) is 9.22. The molecule has 1 amide bonds. The number of amides is 1. The van der Waals surface area contributed by atoms with E-state index in [0.717, 1.165) is 12.8 Å². The molecule has 0 aliphatic rings. The van der Waals surface area contributed by atoms with Crippen LogP contribution < -0.4 is 11.6 Å². The summed E-state index contributed by atoms with van der Waals surface area (Å²) in [7, 11) is 0. The summed E-state index contributed by atoms with van der Waals surface area (Å²) < 4.78 is 14.8. The largest absolute Gasteiger partial charge is 0.519 e. The fourth-order valence-electron chi connectivity index (χ4n) is 2.40. The average Bonchev–Trinajstić information content (AvgIpc) is 2.89. The Labute approximate surface area is 143 Å². The Balaban J connectivity index is 2.46. The van der Waals surface area contributed by atoms with Gasteiger partial charge in [-0.25, -0.2) is 9.59 Å². The molecule has 7 heteroatoms. The predicted octanol–water partition coefficient (Wildman–Crippen LogP) is 3.19. The molecule has 0 spiro atoms. The van der Waals surface area contributed by atoms with Gasteiger partial charge in [0, 0.05) is 19.1 Å². The first-order chi connectivity index (χ1) is 11.5. The highest BCUT2D eigenvalue weighted by Crippen LogP contribution is 2.11. The fourth-order valence-corrected chi connectivity index (χ4v) is 2.40. The summed E-state index contributed by atoms with van der Waals surface area (Å²) in [5, 5.41) is 0. The fraction of sp³-hybridized carbons (Fsp3) is 0.765. The molecule has 0 fully saturated rings. The zero-order valence-corrected chi connectivity index (χ0v) is 15.0. The molecule has 0 aromatic carbocycles. The Morgan fingerprint density at radius 2 is 1.88 bits per heavy atom. The van der Waals surface area contributed by atoms with Crippen molar-refractivity contribution in [1.29, 1.82) is 0 Å². The van der Waals surface area contributed by atoms with Crippen LogP contribution in [0.3, 0.4) is 0 Å². The van der Waals surface area contributed by atoms with Crippen molar-refractivity contribution in [2.24, 2.45) is 5.73 Å². The zero-order chi connectivity index (χ0) is 17.9. The second kappa shape index (κ2) is 10.9. The van der Waals surface area contributed by atoms with Crippen LogP contribution >= 0.6 is 0 Å². The third-order valence-corrected chi connectivity index (χ3v) is 4.02. The molecule has 0 saturated carbocycles. The van der Waals surface area contributed by atoms with Crippen molar-refractivity contribution in [3.63, 3.8) is 0 Å². The van der Waals surface area contributed by atoms with E-state index in [1.807, 2.05) is 6.92 Å². The van der Waals surface area contributed by atoms with Gasteiger partial charge in [0.25, 0.3) is 0 Å². The van der Waals surface area contributed by atoms with Crippen molar-refractivity contribution in [2.75, 3.05) is 13.1 Å². The Bertz CT molecular complexity index is 537. The highest BCUT2D eigenvalue weighted by molar-refractivity contribution is 5.68. The van der Waals surface area contributed by atoms with E-state index >= 15 is 0 Å². The van der Waals surface area contributed by atoms with E-state index in [4.69, 9.17) is 19.3 Å². The molecule has 0 aliphatic heterocycles. The lowest BCUT2D eigenvalue weighted by Crippen LogP contribution is -2.43. The number of ether oxygens (including phenoxy) is 1. The van der Waals surface area contributed by atoms with Crippen molar-refractivity contribution in [1.82, 2.24) is 4.90 Å². The lowest BCUT2D eigenvalue weighted by molar-refractivity contribution is 0.0774. The van der Waals surface area contributed by atoms with Gasteiger partial charge in [0.05, 0.1) is 0 Å². The first kappa shape index (κ1) is 20.3. The quantitative estimate of drug-likeness (QED) is 0.620. The minimum absolute atomic E-state index is 0.106. The summed E-state index contributed by atoms with van der Waals surface area (Å²) in [6, 6.07) is -0.106. The molecule has 7 nitrogen and oxygen atoms in total. The second-order valence-corrected chi connectivity index (χ2v) is 6.03. The van der Waals surface area contributed by atoms with Gasteiger partial charge in [0.15, 0.2) is 18.1 Å². The molecular formula is C17H30N2O5. The molecule has 1 rings (SSSR count). The monoisotopic (exact) mass is 342 g/mol. The van der Waals surface area contributed by atoms with Crippen LogP contribution in [0.4, 0.5) is 4.79 Å². The van der Waals surface area contributed by atoms with E-state index < -0.39 is 11.9 Å². The molecule has 0 radical (unpaired) electrons. The second-order valence-electron chi connectivity index (χ2n) is 6.03. The highest BCUT2D eigenvalue weighted by Gasteiger charge is 2.21. The maximum atomic E-state index is 12.3. The third kappa shape index (κ3) is 6.78. The minimum Gasteiger partial charge on any atom is -0.441 e. The smallest absolute Gasteiger partial charge is 0.441 e. The predicted molar refractivity (Wildman–Crippen MR) is 90.8 cm³/mol. The molecule has 1 atom stereocenters. The molecule has 0 saturated heterocycles. The number of hydrogen-bond acceptors (Lipinski definition) is 6. The van der Waals surface area contributed by atoms with Crippen LogP contribution in [0.15, 0.2) is 13.6 Å². The van der Waals surface area contributed by atoms with Gasteiger partial charge in [-0.2, -0.15) is 0 Å². The molecule has 0 bridgehead atoms. The van der Waals surface area contributed by atoms with Crippen LogP contribution in [0.2, 0.25) is 0 Å².